The molecular weight excluding hydrogens is 365 g/mol. The second kappa shape index (κ2) is 9.01. The Hall–Kier alpha value is -2.67. The van der Waals surface area contributed by atoms with Crippen LogP contribution in [0.5, 0.6) is 5.75 Å². The molecule has 0 N–H and O–H groups in total. The van der Waals surface area contributed by atoms with Crippen LogP contribution in [0.1, 0.15) is 45.1 Å². The number of rotatable bonds is 8. The highest BCUT2D eigenvalue weighted by atomic mass is 19.1. The molecule has 0 saturated heterocycles. The van der Waals surface area contributed by atoms with E-state index < -0.39 is 5.82 Å². The van der Waals surface area contributed by atoms with Crippen molar-refractivity contribution in [1.29, 1.82) is 0 Å². The van der Waals surface area contributed by atoms with Gasteiger partial charge in [-0.25, -0.2) is 4.39 Å². The molecule has 0 radical (unpaired) electrons. The molecule has 0 bridgehead atoms. The number of hydrogen-bond acceptors (Lipinski definition) is 5. The molecule has 1 aromatic heterocycles. The number of benzene rings is 1. The third-order valence-corrected chi connectivity index (χ3v) is 4.77. The molecule has 0 spiro atoms. The van der Waals surface area contributed by atoms with E-state index in [-0.39, 0.29) is 30.6 Å². The van der Waals surface area contributed by atoms with E-state index in [1.54, 1.807) is 31.1 Å². The van der Waals surface area contributed by atoms with E-state index in [9.17, 15) is 14.0 Å². The SMILES string of the molecule is COCCN(CCOc1ccccc1F)C(=O)c1c(C)oc2c1C(=O)CCC2. The molecule has 1 aromatic carbocycles. The first kappa shape index (κ1) is 20.1. The van der Waals surface area contributed by atoms with Crippen LogP contribution in [0.3, 0.4) is 0 Å². The molecule has 7 heteroatoms. The normalized spacial score (nSPS) is 13.3. The zero-order valence-electron chi connectivity index (χ0n) is 16.1. The number of Topliss-reactive ketones (excluding diaryl/α,β-unsaturated/α-hetero) is 1. The van der Waals surface area contributed by atoms with Crippen LogP contribution in [0.4, 0.5) is 4.39 Å². The van der Waals surface area contributed by atoms with Crippen LogP contribution in [0, 0.1) is 12.7 Å². The molecule has 0 atom stereocenters. The fourth-order valence-electron chi connectivity index (χ4n) is 3.37. The van der Waals surface area contributed by atoms with Crippen LogP contribution >= 0.6 is 0 Å². The highest BCUT2D eigenvalue weighted by molar-refractivity contribution is 6.10. The number of amides is 1. The Morgan fingerprint density at radius 3 is 2.71 bits per heavy atom. The Labute approximate surface area is 163 Å². The summed E-state index contributed by atoms with van der Waals surface area (Å²) in [7, 11) is 1.55. The summed E-state index contributed by atoms with van der Waals surface area (Å²) in [6.07, 6.45) is 1.81. The molecule has 1 heterocycles. The van der Waals surface area contributed by atoms with Crippen molar-refractivity contribution in [3.8, 4) is 5.75 Å². The number of fused-ring (bicyclic) bond motifs is 1. The van der Waals surface area contributed by atoms with E-state index in [1.807, 2.05) is 0 Å². The van der Waals surface area contributed by atoms with E-state index in [4.69, 9.17) is 13.9 Å². The van der Waals surface area contributed by atoms with E-state index in [2.05, 4.69) is 0 Å². The molecule has 1 aliphatic rings. The van der Waals surface area contributed by atoms with Crippen LogP contribution in [-0.4, -0.2) is 50.0 Å². The van der Waals surface area contributed by atoms with Gasteiger partial charge in [0.25, 0.3) is 5.91 Å². The Kier molecular flexibility index (Phi) is 6.46. The van der Waals surface area contributed by atoms with Gasteiger partial charge in [0.2, 0.25) is 0 Å². The maximum absolute atomic E-state index is 13.7. The third-order valence-electron chi connectivity index (χ3n) is 4.77. The highest BCUT2D eigenvalue weighted by Gasteiger charge is 2.32. The number of halogens is 1. The zero-order chi connectivity index (χ0) is 20.1. The number of methoxy groups -OCH3 is 1. The lowest BCUT2D eigenvalue weighted by atomic mass is 9.93. The minimum absolute atomic E-state index is 0.0595. The lowest BCUT2D eigenvalue weighted by Crippen LogP contribution is -2.38. The second-order valence-corrected chi connectivity index (χ2v) is 6.67. The van der Waals surface area contributed by atoms with Crippen LogP contribution < -0.4 is 4.74 Å². The van der Waals surface area contributed by atoms with Gasteiger partial charge in [0.1, 0.15) is 18.1 Å². The van der Waals surface area contributed by atoms with Gasteiger partial charge in [-0.3, -0.25) is 9.59 Å². The van der Waals surface area contributed by atoms with Crippen LogP contribution in [0.25, 0.3) is 0 Å². The molecule has 1 aliphatic carbocycles. The van der Waals surface area contributed by atoms with Gasteiger partial charge in [-0.05, 0) is 25.5 Å². The Balaban J connectivity index is 1.76. The predicted molar refractivity (Wildman–Crippen MR) is 100 cm³/mol. The van der Waals surface area contributed by atoms with Gasteiger partial charge in [-0.15, -0.1) is 0 Å². The molecule has 150 valence electrons. The van der Waals surface area contributed by atoms with Crippen molar-refractivity contribution in [2.45, 2.75) is 26.2 Å². The monoisotopic (exact) mass is 389 g/mol. The summed E-state index contributed by atoms with van der Waals surface area (Å²) in [4.78, 5) is 27.1. The lowest BCUT2D eigenvalue weighted by molar-refractivity contribution is 0.0659. The molecule has 6 nitrogen and oxygen atoms in total. The molecule has 1 amide bonds. The van der Waals surface area contributed by atoms with E-state index in [1.165, 1.54) is 12.1 Å². The van der Waals surface area contributed by atoms with Gasteiger partial charge < -0.3 is 18.8 Å². The summed E-state index contributed by atoms with van der Waals surface area (Å²) < 4.78 is 30.0. The average Bonchev–Trinajstić information content (AvgIpc) is 3.02. The first-order valence-corrected chi connectivity index (χ1v) is 9.34. The summed E-state index contributed by atoms with van der Waals surface area (Å²) in [6, 6.07) is 6.11. The van der Waals surface area contributed by atoms with Gasteiger partial charge in [0.05, 0.1) is 24.3 Å². The molecule has 2 aromatic rings. The zero-order valence-corrected chi connectivity index (χ0v) is 16.1. The first-order valence-electron chi connectivity index (χ1n) is 9.34. The Bertz CT molecular complexity index is 860. The number of ketones is 1. The topological polar surface area (TPSA) is 69.0 Å². The standard InChI is InChI=1S/C21H24FNO5/c1-14-19(20-16(24)7-5-9-18(20)28-14)21(25)23(10-12-26-2)11-13-27-17-8-4-3-6-15(17)22/h3-4,6,8H,5,7,9-13H2,1-2H3. The van der Waals surface area contributed by atoms with Crippen molar-refractivity contribution >= 4 is 11.7 Å². The van der Waals surface area contributed by atoms with Crippen molar-refractivity contribution in [1.82, 2.24) is 4.90 Å². The molecule has 0 aliphatic heterocycles. The van der Waals surface area contributed by atoms with Crippen molar-refractivity contribution in [3.05, 3.63) is 52.7 Å². The van der Waals surface area contributed by atoms with Gasteiger partial charge in [-0.1, -0.05) is 12.1 Å². The lowest BCUT2D eigenvalue weighted by Gasteiger charge is -2.23. The number of aryl methyl sites for hydroxylation is 2. The fraction of sp³-hybridized carbons (Fsp3) is 0.429. The van der Waals surface area contributed by atoms with Crippen molar-refractivity contribution in [3.63, 3.8) is 0 Å². The summed E-state index contributed by atoms with van der Waals surface area (Å²) >= 11 is 0. The third kappa shape index (κ3) is 4.25. The largest absolute Gasteiger partial charge is 0.489 e. The molecule has 3 rings (SSSR count). The number of furan rings is 1. The number of ether oxygens (including phenoxy) is 2. The summed E-state index contributed by atoms with van der Waals surface area (Å²) in [5.74, 6) is 0.355. The quantitative estimate of drug-likeness (QED) is 0.692. The number of para-hydroxylation sites is 1. The average molecular weight is 389 g/mol. The smallest absolute Gasteiger partial charge is 0.258 e. The fourth-order valence-corrected chi connectivity index (χ4v) is 3.37. The minimum Gasteiger partial charge on any atom is -0.489 e. The van der Waals surface area contributed by atoms with Crippen LogP contribution in [0.15, 0.2) is 28.7 Å². The predicted octanol–water partition coefficient (Wildman–Crippen LogP) is 3.41. The minimum atomic E-state index is -0.456. The highest BCUT2D eigenvalue weighted by Crippen LogP contribution is 2.30. The molecule has 0 saturated carbocycles. The summed E-state index contributed by atoms with van der Waals surface area (Å²) in [6.45, 7) is 2.69. The molecule has 0 unspecified atom stereocenters. The van der Waals surface area contributed by atoms with Gasteiger partial charge in [0.15, 0.2) is 17.3 Å². The van der Waals surface area contributed by atoms with Gasteiger partial charge in [0, 0.05) is 26.5 Å². The maximum Gasteiger partial charge on any atom is 0.258 e. The Morgan fingerprint density at radius 2 is 1.96 bits per heavy atom. The van der Waals surface area contributed by atoms with Gasteiger partial charge in [-0.2, -0.15) is 0 Å². The van der Waals surface area contributed by atoms with Gasteiger partial charge >= 0.3 is 0 Å². The van der Waals surface area contributed by atoms with E-state index >= 15 is 0 Å². The number of carbonyl (C=O) groups excluding carboxylic acids is 2. The summed E-state index contributed by atoms with van der Waals surface area (Å²) in [5, 5.41) is 0. The van der Waals surface area contributed by atoms with E-state index in [0.717, 1.165) is 6.42 Å². The maximum atomic E-state index is 13.7. The molecule has 0 fully saturated rings. The number of nitrogens with zero attached hydrogens (tertiary/aromatic N) is 1. The molecular formula is C21H24FNO5. The number of carbonyl (C=O) groups is 2. The van der Waals surface area contributed by atoms with Crippen molar-refractivity contribution in [2.24, 2.45) is 0 Å². The first-order chi connectivity index (χ1) is 13.5. The van der Waals surface area contributed by atoms with Crippen LogP contribution in [-0.2, 0) is 11.2 Å². The number of hydrogen-bond donors (Lipinski definition) is 0. The van der Waals surface area contributed by atoms with Crippen LogP contribution in [0.2, 0.25) is 0 Å². The van der Waals surface area contributed by atoms with Crippen molar-refractivity contribution < 1.29 is 27.9 Å². The second-order valence-electron chi connectivity index (χ2n) is 6.67. The van der Waals surface area contributed by atoms with Crippen molar-refractivity contribution in [2.75, 3.05) is 33.4 Å². The molecule has 28 heavy (non-hydrogen) atoms. The Morgan fingerprint density at radius 1 is 1.21 bits per heavy atom. The summed E-state index contributed by atoms with van der Waals surface area (Å²) in [5.41, 5.74) is 0.730. The van der Waals surface area contributed by atoms with E-state index in [0.29, 0.717) is 48.6 Å².